The summed E-state index contributed by atoms with van der Waals surface area (Å²) in [5, 5.41) is 14.2. The van der Waals surface area contributed by atoms with Gasteiger partial charge in [-0.15, -0.1) is 10.2 Å². The second-order valence-corrected chi connectivity index (χ2v) is 6.00. The molecule has 0 spiro atoms. The van der Waals surface area contributed by atoms with E-state index in [-0.39, 0.29) is 11.9 Å². The molecule has 0 aliphatic heterocycles. The summed E-state index contributed by atoms with van der Waals surface area (Å²) in [5.74, 6) is 0.102. The van der Waals surface area contributed by atoms with Crippen molar-refractivity contribution in [1.29, 1.82) is 0 Å². The first-order valence-corrected chi connectivity index (χ1v) is 7.79. The molecule has 118 valence electrons. The van der Waals surface area contributed by atoms with Gasteiger partial charge in [0.25, 0.3) is 5.91 Å². The molecule has 1 aromatic carbocycles. The summed E-state index contributed by atoms with van der Waals surface area (Å²) in [6.07, 6.45) is 0.524. The summed E-state index contributed by atoms with van der Waals surface area (Å²) in [7, 11) is 0. The fourth-order valence-electron chi connectivity index (χ4n) is 2.18. The molecule has 7 nitrogen and oxygen atoms in total. The van der Waals surface area contributed by atoms with Crippen LogP contribution in [0.1, 0.15) is 37.9 Å². The number of carbonyl (C=O) groups is 1. The van der Waals surface area contributed by atoms with Crippen LogP contribution in [-0.4, -0.2) is 25.7 Å². The Morgan fingerprint density at radius 3 is 2.74 bits per heavy atom. The topological polar surface area (TPSA) is 93.8 Å². The van der Waals surface area contributed by atoms with Crippen molar-refractivity contribution in [3.05, 3.63) is 51.4 Å². The molecule has 23 heavy (non-hydrogen) atoms. The molecular weight excluding hydrogens is 314 g/mol. The van der Waals surface area contributed by atoms with Gasteiger partial charge in [-0.05, 0) is 43.4 Å². The minimum Gasteiger partial charge on any atom is -0.407 e. The van der Waals surface area contributed by atoms with Gasteiger partial charge in [-0.25, -0.2) is 0 Å². The van der Waals surface area contributed by atoms with Crippen LogP contribution in [0.15, 0.2) is 22.6 Å². The standard InChI is InChI=1S/C15H15N5O2S/c1-8-4-5-11(9(2)6-8)7-12-18-19-15(22-12)16-14(21)13-10(3)17-20-23-13/h4-6H,7H2,1-3H3,(H,16,19,21). The van der Waals surface area contributed by atoms with E-state index in [1.807, 2.05) is 26.0 Å². The molecule has 8 heteroatoms. The third-order valence-electron chi connectivity index (χ3n) is 3.38. The number of nitrogens with zero attached hydrogens (tertiary/aromatic N) is 4. The lowest BCUT2D eigenvalue weighted by Crippen LogP contribution is -2.11. The first-order chi connectivity index (χ1) is 11.0. The Kier molecular flexibility index (Phi) is 4.16. The van der Waals surface area contributed by atoms with E-state index in [4.69, 9.17) is 4.42 Å². The highest BCUT2D eigenvalue weighted by molar-refractivity contribution is 7.08. The number of benzene rings is 1. The number of hydrogen-bond acceptors (Lipinski definition) is 7. The van der Waals surface area contributed by atoms with Crippen molar-refractivity contribution >= 4 is 23.5 Å². The Hall–Kier alpha value is -2.61. The van der Waals surface area contributed by atoms with Crippen molar-refractivity contribution in [2.24, 2.45) is 0 Å². The Bertz CT molecular complexity index is 855. The number of amides is 1. The third-order valence-corrected chi connectivity index (χ3v) is 4.21. The monoisotopic (exact) mass is 329 g/mol. The van der Waals surface area contributed by atoms with Gasteiger partial charge in [0.2, 0.25) is 5.89 Å². The van der Waals surface area contributed by atoms with Gasteiger partial charge < -0.3 is 4.42 Å². The predicted octanol–water partition coefficient (Wildman–Crippen LogP) is 2.69. The van der Waals surface area contributed by atoms with E-state index in [9.17, 15) is 4.79 Å². The summed E-state index contributed by atoms with van der Waals surface area (Å²) in [6, 6.07) is 6.26. The zero-order valence-corrected chi connectivity index (χ0v) is 13.8. The minimum absolute atomic E-state index is 0.0718. The summed E-state index contributed by atoms with van der Waals surface area (Å²) in [4.78, 5) is 12.5. The lowest BCUT2D eigenvalue weighted by molar-refractivity contribution is 0.102. The smallest absolute Gasteiger partial charge is 0.322 e. The van der Waals surface area contributed by atoms with Crippen LogP contribution in [0.4, 0.5) is 6.01 Å². The number of anilines is 1. The summed E-state index contributed by atoms with van der Waals surface area (Å²) in [6.45, 7) is 5.81. The molecule has 1 amide bonds. The van der Waals surface area contributed by atoms with Crippen molar-refractivity contribution in [3.8, 4) is 0 Å². The molecule has 3 aromatic rings. The normalized spacial score (nSPS) is 10.7. The minimum atomic E-state index is -0.348. The zero-order chi connectivity index (χ0) is 16.4. The van der Waals surface area contributed by atoms with E-state index in [1.165, 1.54) is 11.1 Å². The maximum atomic E-state index is 12.0. The van der Waals surface area contributed by atoms with E-state index < -0.39 is 0 Å². The van der Waals surface area contributed by atoms with Crippen molar-refractivity contribution in [3.63, 3.8) is 0 Å². The number of nitrogens with one attached hydrogen (secondary N) is 1. The number of hydrogen-bond donors (Lipinski definition) is 1. The average Bonchev–Trinajstić information content (AvgIpc) is 3.11. The van der Waals surface area contributed by atoms with Crippen LogP contribution in [-0.2, 0) is 6.42 Å². The first-order valence-electron chi connectivity index (χ1n) is 7.02. The van der Waals surface area contributed by atoms with Crippen molar-refractivity contribution in [2.75, 3.05) is 5.32 Å². The second kappa shape index (κ2) is 6.25. The Morgan fingerprint density at radius 2 is 2.04 bits per heavy atom. The van der Waals surface area contributed by atoms with E-state index in [2.05, 4.69) is 31.2 Å². The number of aryl methyl sites for hydroxylation is 3. The number of aromatic nitrogens is 4. The quantitative estimate of drug-likeness (QED) is 0.791. The molecule has 2 heterocycles. The maximum Gasteiger partial charge on any atom is 0.322 e. The van der Waals surface area contributed by atoms with Crippen LogP contribution < -0.4 is 5.32 Å². The molecule has 0 saturated carbocycles. The van der Waals surface area contributed by atoms with Crippen molar-refractivity contribution in [1.82, 2.24) is 19.8 Å². The third kappa shape index (κ3) is 3.42. The fourth-order valence-corrected chi connectivity index (χ4v) is 2.73. The lowest BCUT2D eigenvalue weighted by atomic mass is 10.0. The second-order valence-electron chi connectivity index (χ2n) is 5.25. The lowest BCUT2D eigenvalue weighted by Gasteiger charge is -2.03. The van der Waals surface area contributed by atoms with Crippen LogP contribution in [0.5, 0.6) is 0 Å². The molecule has 2 aromatic heterocycles. The Morgan fingerprint density at radius 1 is 1.22 bits per heavy atom. The SMILES string of the molecule is Cc1ccc(Cc2nnc(NC(=O)c3snnc3C)o2)c(C)c1. The largest absolute Gasteiger partial charge is 0.407 e. The zero-order valence-electron chi connectivity index (χ0n) is 13.0. The van der Waals surface area contributed by atoms with Gasteiger partial charge >= 0.3 is 6.01 Å². The van der Waals surface area contributed by atoms with Crippen LogP contribution in [0, 0.1) is 20.8 Å². The van der Waals surface area contributed by atoms with Gasteiger partial charge in [0.1, 0.15) is 4.88 Å². The molecule has 0 fully saturated rings. The highest BCUT2D eigenvalue weighted by Gasteiger charge is 2.16. The fraction of sp³-hybridized carbons (Fsp3) is 0.267. The first kappa shape index (κ1) is 15.3. The van der Waals surface area contributed by atoms with E-state index in [1.54, 1.807) is 6.92 Å². The molecule has 1 N–H and O–H groups in total. The van der Waals surface area contributed by atoms with Gasteiger partial charge in [-0.3, -0.25) is 10.1 Å². The summed E-state index contributed by atoms with van der Waals surface area (Å²) >= 11 is 1.03. The molecule has 0 aliphatic carbocycles. The molecular formula is C15H15N5O2S. The predicted molar refractivity (Wildman–Crippen MR) is 85.6 cm³/mol. The summed E-state index contributed by atoms with van der Waals surface area (Å²) < 4.78 is 9.22. The molecule has 0 radical (unpaired) electrons. The van der Waals surface area contributed by atoms with Gasteiger partial charge in [0, 0.05) is 0 Å². The Balaban J connectivity index is 1.71. The van der Waals surface area contributed by atoms with E-state index in [0.29, 0.717) is 22.9 Å². The van der Waals surface area contributed by atoms with Gasteiger partial charge in [-0.2, -0.15) is 0 Å². The highest BCUT2D eigenvalue weighted by atomic mass is 32.1. The van der Waals surface area contributed by atoms with Crippen LogP contribution in [0.2, 0.25) is 0 Å². The molecule has 0 unspecified atom stereocenters. The molecule has 0 saturated heterocycles. The van der Waals surface area contributed by atoms with Crippen LogP contribution in [0.25, 0.3) is 0 Å². The van der Waals surface area contributed by atoms with Crippen molar-refractivity contribution in [2.45, 2.75) is 27.2 Å². The number of carbonyl (C=O) groups excluding carboxylic acids is 1. The van der Waals surface area contributed by atoms with Crippen LogP contribution in [0.3, 0.4) is 0 Å². The van der Waals surface area contributed by atoms with Crippen molar-refractivity contribution < 1.29 is 9.21 Å². The molecule has 0 aliphatic rings. The van der Waals surface area contributed by atoms with Gasteiger partial charge in [0.15, 0.2) is 0 Å². The molecule has 3 rings (SSSR count). The Labute approximate surface area is 136 Å². The van der Waals surface area contributed by atoms with E-state index >= 15 is 0 Å². The van der Waals surface area contributed by atoms with Crippen LogP contribution >= 0.6 is 11.5 Å². The summed E-state index contributed by atoms with van der Waals surface area (Å²) in [5.41, 5.74) is 4.06. The number of rotatable bonds is 4. The molecule has 0 atom stereocenters. The molecule has 0 bridgehead atoms. The maximum absolute atomic E-state index is 12.0. The average molecular weight is 329 g/mol. The van der Waals surface area contributed by atoms with Gasteiger partial charge in [-0.1, -0.05) is 33.3 Å². The van der Waals surface area contributed by atoms with E-state index in [0.717, 1.165) is 17.1 Å². The van der Waals surface area contributed by atoms with Gasteiger partial charge in [0.05, 0.1) is 12.1 Å². The highest BCUT2D eigenvalue weighted by Crippen LogP contribution is 2.17.